The zero-order valence-corrected chi connectivity index (χ0v) is 12.7. The molecule has 0 nitrogen and oxygen atoms in total. The van der Waals surface area contributed by atoms with Gasteiger partial charge in [0.1, 0.15) is 0 Å². The van der Waals surface area contributed by atoms with Crippen molar-refractivity contribution in [2.24, 2.45) is 0 Å². The summed E-state index contributed by atoms with van der Waals surface area (Å²) in [5, 5.41) is 0. The molecule has 0 fully saturated rings. The Morgan fingerprint density at radius 2 is 1.95 bits per heavy atom. The Labute approximate surface area is 123 Å². The summed E-state index contributed by atoms with van der Waals surface area (Å²) in [6, 6.07) is 13.1. The van der Waals surface area contributed by atoms with Crippen molar-refractivity contribution in [2.75, 3.05) is 0 Å². The smallest absolute Gasteiger partial charge is 0.0219 e. The van der Waals surface area contributed by atoms with Gasteiger partial charge in [-0.2, -0.15) is 0 Å². The lowest BCUT2D eigenvalue weighted by molar-refractivity contribution is 0.916. The molecule has 0 heterocycles. The van der Waals surface area contributed by atoms with Crippen LogP contribution in [0.1, 0.15) is 30.0 Å². The Morgan fingerprint density at radius 1 is 1.16 bits per heavy atom. The number of fused-ring (bicyclic) bond motifs is 1. The van der Waals surface area contributed by atoms with E-state index in [1.165, 1.54) is 38.7 Å². The number of halogens is 1. The van der Waals surface area contributed by atoms with E-state index >= 15 is 0 Å². The summed E-state index contributed by atoms with van der Waals surface area (Å²) in [4.78, 5) is 0. The SMILES string of the molecule is CCCc1c(Br)cc2c(c1-c1ccccc1)CC=C2. The standard InChI is InChI=1S/C18H17Br/c1-2-7-16-17(19)12-14-10-6-11-15(14)18(16)13-8-4-3-5-9-13/h3-6,8-10,12H,2,7,11H2,1H3. The molecule has 0 N–H and O–H groups in total. The fourth-order valence-electron chi connectivity index (χ4n) is 2.88. The molecule has 0 aromatic heterocycles. The molecule has 1 aliphatic carbocycles. The molecule has 1 heteroatoms. The first-order chi connectivity index (χ1) is 9.31. The van der Waals surface area contributed by atoms with Crippen LogP contribution >= 0.6 is 15.9 Å². The minimum absolute atomic E-state index is 1.06. The second-order valence-corrected chi connectivity index (χ2v) is 5.86. The second kappa shape index (κ2) is 5.34. The summed E-state index contributed by atoms with van der Waals surface area (Å²) >= 11 is 3.77. The van der Waals surface area contributed by atoms with Crippen molar-refractivity contribution in [3.63, 3.8) is 0 Å². The average Bonchev–Trinajstić information content (AvgIpc) is 2.88. The van der Waals surface area contributed by atoms with Gasteiger partial charge < -0.3 is 0 Å². The zero-order valence-electron chi connectivity index (χ0n) is 11.1. The van der Waals surface area contributed by atoms with Crippen LogP contribution in [0.3, 0.4) is 0 Å². The highest BCUT2D eigenvalue weighted by Gasteiger charge is 2.18. The number of hydrogen-bond donors (Lipinski definition) is 0. The number of hydrogen-bond acceptors (Lipinski definition) is 0. The Hall–Kier alpha value is -1.34. The monoisotopic (exact) mass is 312 g/mol. The van der Waals surface area contributed by atoms with E-state index in [1.807, 2.05) is 0 Å². The maximum absolute atomic E-state index is 3.77. The fraction of sp³-hybridized carbons (Fsp3) is 0.222. The molecular weight excluding hydrogens is 296 g/mol. The van der Waals surface area contributed by atoms with Crippen LogP contribution in [-0.4, -0.2) is 0 Å². The van der Waals surface area contributed by atoms with Crippen LogP contribution in [0.2, 0.25) is 0 Å². The minimum atomic E-state index is 1.06. The van der Waals surface area contributed by atoms with Crippen molar-refractivity contribution in [1.82, 2.24) is 0 Å². The lowest BCUT2D eigenvalue weighted by atomic mass is 9.90. The van der Waals surface area contributed by atoms with E-state index in [1.54, 1.807) is 0 Å². The van der Waals surface area contributed by atoms with Crippen molar-refractivity contribution >= 4 is 22.0 Å². The Morgan fingerprint density at radius 3 is 2.68 bits per heavy atom. The average molecular weight is 313 g/mol. The quantitative estimate of drug-likeness (QED) is 0.688. The molecule has 0 unspecified atom stereocenters. The van der Waals surface area contributed by atoms with Gasteiger partial charge in [-0.15, -0.1) is 0 Å². The van der Waals surface area contributed by atoms with Crippen LogP contribution in [0.4, 0.5) is 0 Å². The van der Waals surface area contributed by atoms with E-state index < -0.39 is 0 Å². The molecular formula is C18H17Br. The fourth-order valence-corrected chi connectivity index (χ4v) is 3.52. The van der Waals surface area contributed by atoms with Gasteiger partial charge in [-0.3, -0.25) is 0 Å². The van der Waals surface area contributed by atoms with Gasteiger partial charge in [-0.05, 0) is 46.7 Å². The van der Waals surface area contributed by atoms with Crippen LogP contribution in [0.15, 0.2) is 46.9 Å². The van der Waals surface area contributed by atoms with Crippen molar-refractivity contribution in [3.05, 3.63) is 63.6 Å². The van der Waals surface area contributed by atoms with Gasteiger partial charge in [-0.1, -0.05) is 71.8 Å². The third-order valence-electron chi connectivity index (χ3n) is 3.70. The molecule has 3 rings (SSSR count). The van der Waals surface area contributed by atoms with E-state index in [0.29, 0.717) is 0 Å². The van der Waals surface area contributed by atoms with E-state index in [2.05, 4.69) is 71.4 Å². The van der Waals surface area contributed by atoms with Gasteiger partial charge in [0, 0.05) is 4.47 Å². The molecule has 19 heavy (non-hydrogen) atoms. The second-order valence-electron chi connectivity index (χ2n) is 5.00. The van der Waals surface area contributed by atoms with Gasteiger partial charge in [-0.25, -0.2) is 0 Å². The predicted octanol–water partition coefficient (Wildman–Crippen LogP) is 5.64. The summed E-state index contributed by atoms with van der Waals surface area (Å²) in [7, 11) is 0. The van der Waals surface area contributed by atoms with Crippen LogP contribution in [0.25, 0.3) is 17.2 Å². The highest BCUT2D eigenvalue weighted by atomic mass is 79.9. The third kappa shape index (κ3) is 2.28. The van der Waals surface area contributed by atoms with Crippen LogP contribution in [0.5, 0.6) is 0 Å². The Bertz CT molecular complexity index is 624. The lowest BCUT2D eigenvalue weighted by Gasteiger charge is -2.17. The predicted molar refractivity (Wildman–Crippen MR) is 86.3 cm³/mol. The summed E-state index contributed by atoms with van der Waals surface area (Å²) in [6.07, 6.45) is 7.85. The van der Waals surface area contributed by atoms with Gasteiger partial charge in [0.15, 0.2) is 0 Å². The molecule has 2 aromatic carbocycles. The van der Waals surface area contributed by atoms with Crippen molar-refractivity contribution < 1.29 is 0 Å². The molecule has 0 atom stereocenters. The van der Waals surface area contributed by atoms with Crippen molar-refractivity contribution in [1.29, 1.82) is 0 Å². The molecule has 0 radical (unpaired) electrons. The van der Waals surface area contributed by atoms with E-state index in [-0.39, 0.29) is 0 Å². The minimum Gasteiger partial charge on any atom is -0.0795 e. The molecule has 96 valence electrons. The molecule has 1 aliphatic rings. The molecule has 2 aromatic rings. The van der Waals surface area contributed by atoms with Gasteiger partial charge in [0.05, 0.1) is 0 Å². The molecule has 0 spiro atoms. The first kappa shape index (κ1) is 12.7. The van der Waals surface area contributed by atoms with E-state index in [0.717, 1.165) is 12.8 Å². The van der Waals surface area contributed by atoms with Gasteiger partial charge >= 0.3 is 0 Å². The Balaban J connectivity index is 2.26. The topological polar surface area (TPSA) is 0 Å². The highest BCUT2D eigenvalue weighted by molar-refractivity contribution is 9.10. The summed E-state index contributed by atoms with van der Waals surface area (Å²) in [5.74, 6) is 0. The van der Waals surface area contributed by atoms with Crippen molar-refractivity contribution in [3.8, 4) is 11.1 Å². The van der Waals surface area contributed by atoms with Gasteiger partial charge in [0.2, 0.25) is 0 Å². The summed E-state index contributed by atoms with van der Waals surface area (Å²) in [5.41, 5.74) is 7.09. The summed E-state index contributed by atoms with van der Waals surface area (Å²) in [6.45, 7) is 2.24. The lowest BCUT2D eigenvalue weighted by Crippen LogP contribution is -1.98. The largest absolute Gasteiger partial charge is 0.0795 e. The first-order valence-electron chi connectivity index (χ1n) is 6.87. The van der Waals surface area contributed by atoms with E-state index in [4.69, 9.17) is 0 Å². The Kier molecular flexibility index (Phi) is 3.56. The molecule has 0 saturated carbocycles. The van der Waals surface area contributed by atoms with Gasteiger partial charge in [0.25, 0.3) is 0 Å². The van der Waals surface area contributed by atoms with Crippen molar-refractivity contribution in [2.45, 2.75) is 26.2 Å². The zero-order chi connectivity index (χ0) is 13.2. The number of benzene rings is 2. The highest BCUT2D eigenvalue weighted by Crippen LogP contribution is 2.39. The molecule has 0 aliphatic heterocycles. The van der Waals surface area contributed by atoms with Crippen LogP contribution in [-0.2, 0) is 12.8 Å². The molecule has 0 amide bonds. The van der Waals surface area contributed by atoms with Crippen LogP contribution < -0.4 is 0 Å². The summed E-state index contributed by atoms with van der Waals surface area (Å²) < 4.78 is 1.25. The van der Waals surface area contributed by atoms with Crippen LogP contribution in [0, 0.1) is 0 Å². The normalized spacial score (nSPS) is 12.7. The number of allylic oxidation sites excluding steroid dienone is 1. The third-order valence-corrected chi connectivity index (χ3v) is 4.41. The van der Waals surface area contributed by atoms with E-state index in [9.17, 15) is 0 Å². The number of rotatable bonds is 3. The molecule has 0 bridgehead atoms. The maximum atomic E-state index is 3.77. The molecule has 0 saturated heterocycles. The maximum Gasteiger partial charge on any atom is 0.0219 e. The first-order valence-corrected chi connectivity index (χ1v) is 7.66.